The second-order valence-corrected chi connectivity index (χ2v) is 3.82. The minimum Gasteiger partial charge on any atom is -0.355 e. The summed E-state index contributed by atoms with van der Waals surface area (Å²) in [6.45, 7) is 3.26. The average molecular weight is 294 g/mol. The number of rotatable bonds is 6. The van der Waals surface area contributed by atoms with E-state index in [1.165, 1.54) is 0 Å². The molecule has 1 aromatic rings. The molecule has 1 aromatic heterocycles. The fraction of sp³-hybridized carbons (Fsp3) is 0.500. The number of hydrogen-bond acceptors (Lipinski definition) is 3. The first-order chi connectivity index (χ1) is 7.74. The highest BCUT2D eigenvalue weighted by Gasteiger charge is 2.10. The van der Waals surface area contributed by atoms with Crippen molar-refractivity contribution in [2.75, 3.05) is 20.1 Å². The Morgan fingerprint density at radius 2 is 2.11 bits per heavy atom. The number of nitrogens with one attached hydrogen (secondary N) is 2. The van der Waals surface area contributed by atoms with Gasteiger partial charge in [-0.2, -0.15) is 0 Å². The molecule has 1 atom stereocenters. The van der Waals surface area contributed by atoms with E-state index in [0.29, 0.717) is 13.1 Å². The number of halogens is 2. The Balaban J connectivity index is 0. The summed E-state index contributed by atoms with van der Waals surface area (Å²) in [5, 5.41) is 5.88. The smallest absolute Gasteiger partial charge is 0.224 e. The lowest BCUT2D eigenvalue weighted by Crippen LogP contribution is -2.35. The lowest BCUT2D eigenvalue weighted by molar-refractivity contribution is -0.124. The van der Waals surface area contributed by atoms with Gasteiger partial charge in [-0.15, -0.1) is 24.8 Å². The SMILES string of the molecule is CNCC(C)C(=O)NCCc1ccccn1.Cl.Cl. The molecule has 18 heavy (non-hydrogen) atoms. The van der Waals surface area contributed by atoms with Gasteiger partial charge in [0.05, 0.1) is 0 Å². The Kier molecular flexibility index (Phi) is 12.2. The predicted octanol–water partition coefficient (Wildman–Crippen LogP) is 1.44. The summed E-state index contributed by atoms with van der Waals surface area (Å²) in [5.41, 5.74) is 1.00. The van der Waals surface area contributed by atoms with Crippen molar-refractivity contribution in [1.82, 2.24) is 15.6 Å². The van der Waals surface area contributed by atoms with Crippen molar-refractivity contribution in [2.24, 2.45) is 5.92 Å². The normalized spacial score (nSPS) is 10.8. The van der Waals surface area contributed by atoms with Crippen LogP contribution in [0, 0.1) is 5.92 Å². The van der Waals surface area contributed by atoms with Gasteiger partial charge in [0.1, 0.15) is 0 Å². The van der Waals surface area contributed by atoms with Crippen LogP contribution in [0.1, 0.15) is 12.6 Å². The van der Waals surface area contributed by atoms with Gasteiger partial charge >= 0.3 is 0 Å². The van der Waals surface area contributed by atoms with Crippen molar-refractivity contribution in [3.05, 3.63) is 30.1 Å². The molecule has 0 aliphatic heterocycles. The van der Waals surface area contributed by atoms with Crippen molar-refractivity contribution < 1.29 is 4.79 Å². The third-order valence-corrected chi connectivity index (χ3v) is 2.36. The van der Waals surface area contributed by atoms with E-state index >= 15 is 0 Å². The molecule has 0 bridgehead atoms. The lowest BCUT2D eigenvalue weighted by atomic mass is 10.1. The molecule has 6 heteroatoms. The molecule has 4 nitrogen and oxygen atoms in total. The van der Waals surface area contributed by atoms with Crippen LogP contribution in [-0.2, 0) is 11.2 Å². The third kappa shape index (κ3) is 7.48. The highest BCUT2D eigenvalue weighted by Crippen LogP contribution is 1.95. The quantitative estimate of drug-likeness (QED) is 0.835. The zero-order valence-electron chi connectivity index (χ0n) is 10.7. The van der Waals surface area contributed by atoms with Gasteiger partial charge < -0.3 is 10.6 Å². The number of carbonyl (C=O) groups excluding carboxylic acids is 1. The molecule has 0 saturated heterocycles. The summed E-state index contributed by atoms with van der Waals surface area (Å²) >= 11 is 0. The molecule has 0 fully saturated rings. The molecule has 104 valence electrons. The zero-order valence-corrected chi connectivity index (χ0v) is 12.3. The van der Waals surface area contributed by atoms with E-state index in [4.69, 9.17) is 0 Å². The second kappa shape index (κ2) is 11.3. The number of hydrogen-bond donors (Lipinski definition) is 2. The van der Waals surface area contributed by atoms with Gasteiger partial charge in [-0.05, 0) is 19.2 Å². The maximum absolute atomic E-state index is 11.6. The van der Waals surface area contributed by atoms with E-state index in [-0.39, 0.29) is 36.6 Å². The summed E-state index contributed by atoms with van der Waals surface area (Å²) < 4.78 is 0. The Labute approximate surface area is 121 Å². The van der Waals surface area contributed by atoms with Gasteiger partial charge in [-0.3, -0.25) is 9.78 Å². The molecule has 1 rings (SSSR count). The molecule has 0 aliphatic carbocycles. The molecule has 0 saturated carbocycles. The first kappa shape index (κ1) is 19.5. The number of pyridine rings is 1. The van der Waals surface area contributed by atoms with Crippen molar-refractivity contribution in [1.29, 1.82) is 0 Å². The predicted molar refractivity (Wildman–Crippen MR) is 78.5 cm³/mol. The van der Waals surface area contributed by atoms with Gasteiger partial charge in [0.15, 0.2) is 0 Å². The number of carbonyl (C=O) groups is 1. The number of aromatic nitrogens is 1. The van der Waals surface area contributed by atoms with Crippen molar-refractivity contribution >= 4 is 30.7 Å². The number of nitrogens with zero attached hydrogens (tertiary/aromatic N) is 1. The molecule has 0 radical (unpaired) electrons. The molecule has 0 aromatic carbocycles. The molecule has 1 heterocycles. The molecule has 1 amide bonds. The molecular formula is C12H21Cl2N3O. The molecule has 1 unspecified atom stereocenters. The largest absolute Gasteiger partial charge is 0.355 e. The van der Waals surface area contributed by atoms with E-state index in [1.54, 1.807) is 6.20 Å². The van der Waals surface area contributed by atoms with E-state index in [1.807, 2.05) is 32.2 Å². The van der Waals surface area contributed by atoms with Crippen LogP contribution < -0.4 is 10.6 Å². The molecule has 0 spiro atoms. The van der Waals surface area contributed by atoms with Crippen LogP contribution in [-0.4, -0.2) is 31.0 Å². The summed E-state index contributed by atoms with van der Waals surface area (Å²) in [5.74, 6) is 0.0963. The van der Waals surface area contributed by atoms with Crippen LogP contribution >= 0.6 is 24.8 Å². The van der Waals surface area contributed by atoms with Gasteiger partial charge in [0.25, 0.3) is 0 Å². The first-order valence-electron chi connectivity index (χ1n) is 5.56. The van der Waals surface area contributed by atoms with Gasteiger partial charge in [0.2, 0.25) is 5.91 Å². The summed E-state index contributed by atoms with van der Waals surface area (Å²) in [4.78, 5) is 15.7. The van der Waals surface area contributed by atoms with E-state index in [9.17, 15) is 4.79 Å². The lowest BCUT2D eigenvalue weighted by Gasteiger charge is -2.11. The standard InChI is InChI=1S/C12H19N3O.2ClH/c1-10(9-13-2)12(16)15-8-6-11-5-3-4-7-14-11;;/h3-5,7,10,13H,6,8-9H2,1-2H3,(H,15,16);2*1H. The van der Waals surface area contributed by atoms with E-state index in [2.05, 4.69) is 15.6 Å². The van der Waals surface area contributed by atoms with Gasteiger partial charge in [0, 0.05) is 37.3 Å². The van der Waals surface area contributed by atoms with Crippen LogP contribution in [0.3, 0.4) is 0 Å². The monoisotopic (exact) mass is 293 g/mol. The van der Waals surface area contributed by atoms with Crippen LogP contribution in [0.25, 0.3) is 0 Å². The van der Waals surface area contributed by atoms with Crippen LogP contribution in [0.4, 0.5) is 0 Å². The third-order valence-electron chi connectivity index (χ3n) is 2.36. The average Bonchev–Trinajstić information content (AvgIpc) is 2.30. The van der Waals surface area contributed by atoms with Crippen LogP contribution in [0.15, 0.2) is 24.4 Å². The Hall–Kier alpha value is -0.840. The maximum atomic E-state index is 11.6. The Morgan fingerprint density at radius 1 is 1.39 bits per heavy atom. The zero-order chi connectivity index (χ0) is 11.8. The first-order valence-corrected chi connectivity index (χ1v) is 5.56. The second-order valence-electron chi connectivity index (χ2n) is 3.82. The Morgan fingerprint density at radius 3 is 2.67 bits per heavy atom. The minimum atomic E-state index is 0. The van der Waals surface area contributed by atoms with E-state index in [0.717, 1.165) is 12.1 Å². The van der Waals surface area contributed by atoms with Gasteiger partial charge in [-0.25, -0.2) is 0 Å². The highest BCUT2D eigenvalue weighted by molar-refractivity contribution is 5.85. The van der Waals surface area contributed by atoms with Crippen molar-refractivity contribution in [3.63, 3.8) is 0 Å². The number of amides is 1. The summed E-state index contributed by atoms with van der Waals surface area (Å²) in [7, 11) is 1.84. The molecule has 2 N–H and O–H groups in total. The highest BCUT2D eigenvalue weighted by atomic mass is 35.5. The summed E-state index contributed by atoms with van der Waals surface area (Å²) in [6, 6.07) is 5.80. The van der Waals surface area contributed by atoms with Crippen LogP contribution in [0.5, 0.6) is 0 Å². The molecular weight excluding hydrogens is 273 g/mol. The van der Waals surface area contributed by atoms with Crippen LogP contribution in [0.2, 0.25) is 0 Å². The fourth-order valence-corrected chi connectivity index (χ4v) is 1.43. The molecule has 0 aliphatic rings. The van der Waals surface area contributed by atoms with Gasteiger partial charge in [-0.1, -0.05) is 13.0 Å². The van der Waals surface area contributed by atoms with E-state index < -0.39 is 0 Å². The Bertz CT molecular complexity index is 322. The fourth-order valence-electron chi connectivity index (χ4n) is 1.43. The maximum Gasteiger partial charge on any atom is 0.224 e. The summed E-state index contributed by atoms with van der Waals surface area (Å²) in [6.07, 6.45) is 2.54. The minimum absolute atomic E-state index is 0. The van der Waals surface area contributed by atoms with Crippen molar-refractivity contribution in [3.8, 4) is 0 Å². The van der Waals surface area contributed by atoms with Crippen molar-refractivity contribution in [2.45, 2.75) is 13.3 Å². The topological polar surface area (TPSA) is 54.0 Å².